The van der Waals surface area contributed by atoms with E-state index in [0.29, 0.717) is 0 Å². The third-order valence-corrected chi connectivity index (χ3v) is 4.60. The smallest absolute Gasteiger partial charge is 0.119 e. The number of benzene rings is 2. The van der Waals surface area contributed by atoms with Crippen LogP contribution in [0.2, 0.25) is 0 Å². The van der Waals surface area contributed by atoms with Gasteiger partial charge >= 0.3 is 0 Å². The fourth-order valence-corrected chi connectivity index (χ4v) is 3.28. The summed E-state index contributed by atoms with van der Waals surface area (Å²) in [6, 6.07) is 17.0. The van der Waals surface area contributed by atoms with Gasteiger partial charge in [-0.05, 0) is 56.7 Å². The Morgan fingerprint density at radius 1 is 1.00 bits per heavy atom. The maximum absolute atomic E-state index is 5.00. The highest BCUT2D eigenvalue weighted by Gasteiger charge is 2.40. The van der Waals surface area contributed by atoms with Crippen molar-refractivity contribution >= 4 is 35.3 Å². The minimum Gasteiger partial charge on any atom is -0.378 e. The molecule has 1 aliphatic rings. The SMILES string of the molecule is CCN1C(=Nc2ccc(N(C)C)cc2)C(C)(C)c2ccccc21.Cl. The van der Waals surface area contributed by atoms with E-state index in [2.05, 4.69) is 93.2 Å². The standard InChI is InChI=1S/C20H25N3.ClH/c1-6-23-18-10-8-7-9-17(18)20(2,3)19(23)21-15-11-13-16(14-12-15)22(4)5;/h7-14H,6H2,1-5H3;1H. The molecule has 0 N–H and O–H groups in total. The number of aliphatic imine (C=N–C) groups is 1. The molecule has 2 aromatic carbocycles. The maximum atomic E-state index is 5.00. The van der Waals surface area contributed by atoms with Gasteiger partial charge in [0.15, 0.2) is 0 Å². The molecule has 0 fully saturated rings. The van der Waals surface area contributed by atoms with E-state index in [9.17, 15) is 0 Å². The monoisotopic (exact) mass is 343 g/mol. The first-order chi connectivity index (χ1) is 10.9. The number of rotatable bonds is 3. The van der Waals surface area contributed by atoms with Crippen LogP contribution in [0.15, 0.2) is 53.5 Å². The van der Waals surface area contributed by atoms with Crippen molar-refractivity contribution in [1.82, 2.24) is 0 Å². The molecular weight excluding hydrogens is 318 g/mol. The number of amidine groups is 1. The van der Waals surface area contributed by atoms with Crippen LogP contribution in [0.5, 0.6) is 0 Å². The number of para-hydroxylation sites is 1. The normalized spacial score (nSPS) is 16.7. The van der Waals surface area contributed by atoms with Crippen LogP contribution >= 0.6 is 12.4 Å². The Kier molecular flexibility index (Phi) is 5.24. The van der Waals surface area contributed by atoms with Crippen molar-refractivity contribution in [2.75, 3.05) is 30.4 Å². The molecule has 0 saturated carbocycles. The summed E-state index contributed by atoms with van der Waals surface area (Å²) in [7, 11) is 4.10. The second-order valence-corrected chi connectivity index (χ2v) is 6.73. The highest BCUT2D eigenvalue weighted by molar-refractivity contribution is 6.11. The van der Waals surface area contributed by atoms with Crippen LogP contribution in [0.1, 0.15) is 26.3 Å². The van der Waals surface area contributed by atoms with Crippen LogP contribution < -0.4 is 9.80 Å². The Hall–Kier alpha value is -2.00. The van der Waals surface area contributed by atoms with Crippen LogP contribution in [0.3, 0.4) is 0 Å². The molecule has 0 saturated heterocycles. The molecule has 2 aromatic rings. The molecule has 0 bridgehead atoms. The molecule has 0 aromatic heterocycles. The summed E-state index contributed by atoms with van der Waals surface area (Å²) in [5.74, 6) is 1.12. The molecule has 4 heteroatoms. The summed E-state index contributed by atoms with van der Waals surface area (Å²) in [4.78, 5) is 9.43. The second-order valence-electron chi connectivity index (χ2n) is 6.73. The first kappa shape index (κ1) is 18.3. The van der Waals surface area contributed by atoms with E-state index in [-0.39, 0.29) is 17.8 Å². The number of hydrogen-bond acceptors (Lipinski definition) is 2. The van der Waals surface area contributed by atoms with Crippen molar-refractivity contribution in [2.45, 2.75) is 26.2 Å². The Morgan fingerprint density at radius 3 is 2.21 bits per heavy atom. The van der Waals surface area contributed by atoms with E-state index in [1.54, 1.807) is 0 Å². The van der Waals surface area contributed by atoms with Crippen molar-refractivity contribution in [3.8, 4) is 0 Å². The second kappa shape index (κ2) is 6.86. The molecule has 0 amide bonds. The fourth-order valence-electron chi connectivity index (χ4n) is 3.28. The Morgan fingerprint density at radius 2 is 1.62 bits per heavy atom. The molecule has 3 rings (SSSR count). The molecule has 0 aliphatic carbocycles. The number of fused-ring (bicyclic) bond motifs is 1. The van der Waals surface area contributed by atoms with Crippen LogP contribution in [0.4, 0.5) is 17.1 Å². The Bertz CT molecular complexity index is 733. The zero-order valence-electron chi connectivity index (χ0n) is 15.1. The number of anilines is 2. The van der Waals surface area contributed by atoms with Gasteiger partial charge in [-0.3, -0.25) is 0 Å². The van der Waals surface area contributed by atoms with Gasteiger partial charge < -0.3 is 9.80 Å². The molecular formula is C20H26ClN3. The summed E-state index contributed by atoms with van der Waals surface area (Å²) in [6.07, 6.45) is 0. The van der Waals surface area contributed by atoms with Gasteiger partial charge in [-0.1, -0.05) is 18.2 Å². The van der Waals surface area contributed by atoms with E-state index >= 15 is 0 Å². The molecule has 0 spiro atoms. The third-order valence-electron chi connectivity index (χ3n) is 4.60. The van der Waals surface area contributed by atoms with Crippen molar-refractivity contribution in [3.63, 3.8) is 0 Å². The van der Waals surface area contributed by atoms with Gasteiger partial charge in [-0.15, -0.1) is 12.4 Å². The lowest BCUT2D eigenvalue weighted by molar-refractivity contribution is 0.730. The van der Waals surface area contributed by atoms with E-state index in [4.69, 9.17) is 4.99 Å². The quantitative estimate of drug-likeness (QED) is 0.779. The molecule has 3 nitrogen and oxygen atoms in total. The summed E-state index contributed by atoms with van der Waals surface area (Å²) in [6.45, 7) is 7.63. The van der Waals surface area contributed by atoms with E-state index in [1.165, 1.54) is 16.9 Å². The average Bonchev–Trinajstić information content (AvgIpc) is 2.76. The van der Waals surface area contributed by atoms with Crippen LogP contribution in [0, 0.1) is 0 Å². The first-order valence-electron chi connectivity index (χ1n) is 8.18. The van der Waals surface area contributed by atoms with Gasteiger partial charge in [0.2, 0.25) is 0 Å². The van der Waals surface area contributed by atoms with E-state index in [1.807, 2.05) is 0 Å². The summed E-state index contributed by atoms with van der Waals surface area (Å²) in [5, 5.41) is 0. The van der Waals surface area contributed by atoms with E-state index in [0.717, 1.165) is 18.1 Å². The maximum Gasteiger partial charge on any atom is 0.119 e. The molecule has 0 unspecified atom stereocenters. The predicted octanol–water partition coefficient (Wildman–Crippen LogP) is 5.02. The van der Waals surface area contributed by atoms with Gasteiger partial charge in [-0.2, -0.15) is 0 Å². The summed E-state index contributed by atoms with van der Waals surface area (Å²) < 4.78 is 0. The molecule has 1 heterocycles. The number of nitrogens with zero attached hydrogens (tertiary/aromatic N) is 3. The number of halogens is 1. The highest BCUT2D eigenvalue weighted by atomic mass is 35.5. The zero-order valence-corrected chi connectivity index (χ0v) is 15.9. The number of likely N-dealkylation sites (N-methyl/N-ethyl adjacent to an activating group) is 1. The highest BCUT2D eigenvalue weighted by Crippen LogP contribution is 2.42. The largest absolute Gasteiger partial charge is 0.378 e. The lowest BCUT2D eigenvalue weighted by atomic mass is 9.86. The Balaban J connectivity index is 0.00000208. The molecule has 0 atom stereocenters. The third kappa shape index (κ3) is 3.01. The lowest BCUT2D eigenvalue weighted by Gasteiger charge is -2.24. The molecule has 128 valence electrons. The van der Waals surface area contributed by atoms with Crippen molar-refractivity contribution in [3.05, 3.63) is 54.1 Å². The van der Waals surface area contributed by atoms with Crippen LogP contribution in [-0.4, -0.2) is 26.5 Å². The summed E-state index contributed by atoms with van der Waals surface area (Å²) >= 11 is 0. The van der Waals surface area contributed by atoms with Gasteiger partial charge in [0.1, 0.15) is 5.84 Å². The minimum atomic E-state index is -0.0766. The predicted molar refractivity (Wildman–Crippen MR) is 108 cm³/mol. The van der Waals surface area contributed by atoms with Crippen molar-refractivity contribution < 1.29 is 0 Å². The summed E-state index contributed by atoms with van der Waals surface area (Å²) in [5.41, 5.74) is 4.75. The first-order valence-corrected chi connectivity index (χ1v) is 8.18. The lowest BCUT2D eigenvalue weighted by Crippen LogP contribution is -2.36. The van der Waals surface area contributed by atoms with Crippen LogP contribution in [-0.2, 0) is 5.41 Å². The van der Waals surface area contributed by atoms with Crippen LogP contribution in [0.25, 0.3) is 0 Å². The Labute approximate surface area is 151 Å². The molecule has 24 heavy (non-hydrogen) atoms. The van der Waals surface area contributed by atoms with Gasteiger partial charge in [0.05, 0.1) is 5.69 Å². The minimum absolute atomic E-state index is 0. The molecule has 1 aliphatic heterocycles. The molecule has 0 radical (unpaired) electrons. The van der Waals surface area contributed by atoms with Crippen molar-refractivity contribution in [1.29, 1.82) is 0 Å². The number of hydrogen-bond donors (Lipinski definition) is 0. The van der Waals surface area contributed by atoms with Gasteiger partial charge in [0.25, 0.3) is 0 Å². The average molecular weight is 344 g/mol. The fraction of sp³-hybridized carbons (Fsp3) is 0.350. The topological polar surface area (TPSA) is 18.8 Å². The zero-order chi connectivity index (χ0) is 16.6. The van der Waals surface area contributed by atoms with Gasteiger partial charge in [-0.25, -0.2) is 4.99 Å². The van der Waals surface area contributed by atoms with Crippen molar-refractivity contribution in [2.24, 2.45) is 4.99 Å². The van der Waals surface area contributed by atoms with E-state index < -0.39 is 0 Å². The van der Waals surface area contributed by atoms with Gasteiger partial charge in [0, 0.05) is 37.4 Å².